The van der Waals surface area contributed by atoms with Gasteiger partial charge in [0.1, 0.15) is 11.5 Å². The van der Waals surface area contributed by atoms with Gasteiger partial charge in [-0.2, -0.15) is 4.98 Å². The second-order valence-corrected chi connectivity index (χ2v) is 6.38. The van der Waals surface area contributed by atoms with Gasteiger partial charge in [0.2, 0.25) is 5.82 Å². The lowest BCUT2D eigenvalue weighted by atomic mass is 10.1. The van der Waals surface area contributed by atoms with Crippen LogP contribution in [0.15, 0.2) is 75.9 Å². The largest absolute Gasteiger partial charge is 0.483 e. The smallest absolute Gasteiger partial charge is 0.262 e. The molecule has 4 rings (SSSR count). The zero-order valence-corrected chi connectivity index (χ0v) is 15.8. The van der Waals surface area contributed by atoms with Crippen molar-refractivity contribution in [3.05, 3.63) is 78.3 Å². The van der Waals surface area contributed by atoms with Gasteiger partial charge < -0.3 is 19.0 Å². The number of ether oxygens (including phenoxy) is 1. The molecule has 0 spiro atoms. The van der Waals surface area contributed by atoms with Crippen LogP contribution in [0, 0.1) is 6.92 Å². The highest BCUT2D eigenvalue weighted by Gasteiger charge is 2.16. The van der Waals surface area contributed by atoms with Crippen molar-refractivity contribution < 1.29 is 18.5 Å². The van der Waals surface area contributed by atoms with Crippen molar-refractivity contribution in [3.8, 4) is 28.6 Å². The van der Waals surface area contributed by atoms with Gasteiger partial charge in [-0.3, -0.25) is 4.79 Å². The Balaban J connectivity index is 1.46. The van der Waals surface area contributed by atoms with E-state index in [-0.39, 0.29) is 12.5 Å². The van der Waals surface area contributed by atoms with Crippen LogP contribution in [0.2, 0.25) is 0 Å². The highest BCUT2D eigenvalue weighted by atomic mass is 16.5. The van der Waals surface area contributed by atoms with Crippen LogP contribution in [-0.4, -0.2) is 22.7 Å². The zero-order chi connectivity index (χ0) is 20.1. The van der Waals surface area contributed by atoms with Crippen LogP contribution >= 0.6 is 0 Å². The number of furan rings is 1. The highest BCUT2D eigenvalue weighted by molar-refractivity contribution is 5.78. The Kier molecular flexibility index (Phi) is 5.38. The van der Waals surface area contributed by atoms with Crippen LogP contribution < -0.4 is 10.1 Å². The van der Waals surface area contributed by atoms with Crippen LogP contribution in [-0.2, 0) is 11.3 Å². The molecule has 7 nitrogen and oxygen atoms in total. The third-order valence-electron chi connectivity index (χ3n) is 4.33. The number of nitrogens with one attached hydrogen (secondary N) is 1. The maximum atomic E-state index is 12.1. The van der Waals surface area contributed by atoms with Gasteiger partial charge in [-0.1, -0.05) is 41.6 Å². The molecule has 0 aliphatic rings. The minimum atomic E-state index is -0.262. The van der Waals surface area contributed by atoms with E-state index in [1.165, 1.54) is 0 Å². The molecule has 0 saturated carbocycles. The summed E-state index contributed by atoms with van der Waals surface area (Å²) in [4.78, 5) is 16.6. The Labute approximate surface area is 167 Å². The predicted molar refractivity (Wildman–Crippen MR) is 106 cm³/mol. The van der Waals surface area contributed by atoms with Crippen molar-refractivity contribution >= 4 is 5.91 Å². The minimum Gasteiger partial charge on any atom is -0.483 e. The number of amides is 1. The summed E-state index contributed by atoms with van der Waals surface area (Å²) in [6.45, 7) is 2.15. The van der Waals surface area contributed by atoms with E-state index in [1.54, 1.807) is 24.5 Å². The lowest BCUT2D eigenvalue weighted by molar-refractivity contribution is -0.123. The van der Waals surface area contributed by atoms with Crippen molar-refractivity contribution in [1.29, 1.82) is 0 Å². The van der Waals surface area contributed by atoms with Crippen molar-refractivity contribution in [2.45, 2.75) is 13.5 Å². The lowest BCUT2D eigenvalue weighted by Gasteiger charge is -2.09. The monoisotopic (exact) mass is 389 g/mol. The van der Waals surface area contributed by atoms with Crippen LogP contribution in [0.4, 0.5) is 0 Å². The summed E-state index contributed by atoms with van der Waals surface area (Å²) in [5.41, 5.74) is 2.58. The summed E-state index contributed by atoms with van der Waals surface area (Å²) in [6.07, 6.45) is 1.56. The van der Waals surface area contributed by atoms with Gasteiger partial charge in [-0.15, -0.1) is 0 Å². The Morgan fingerprint density at radius 2 is 1.83 bits per heavy atom. The first-order chi connectivity index (χ1) is 14.2. The fourth-order valence-electron chi connectivity index (χ4n) is 2.83. The average Bonchev–Trinajstić information content (AvgIpc) is 3.43. The van der Waals surface area contributed by atoms with E-state index in [0.717, 1.165) is 11.1 Å². The molecular weight excluding hydrogens is 370 g/mol. The van der Waals surface area contributed by atoms with E-state index < -0.39 is 0 Å². The molecule has 0 fully saturated rings. The molecule has 1 amide bonds. The van der Waals surface area contributed by atoms with Gasteiger partial charge in [-0.25, -0.2) is 0 Å². The minimum absolute atomic E-state index is 0.142. The van der Waals surface area contributed by atoms with Crippen molar-refractivity contribution in [2.24, 2.45) is 0 Å². The molecule has 2 heterocycles. The van der Waals surface area contributed by atoms with Crippen LogP contribution in [0.3, 0.4) is 0 Å². The molecule has 0 saturated heterocycles. The molecule has 0 aliphatic heterocycles. The highest BCUT2D eigenvalue weighted by Crippen LogP contribution is 2.30. The van der Waals surface area contributed by atoms with E-state index in [0.29, 0.717) is 35.3 Å². The first kappa shape index (κ1) is 18.5. The number of carbonyl (C=O) groups is 1. The number of carbonyl (C=O) groups excluding carboxylic acids is 1. The van der Waals surface area contributed by atoms with Gasteiger partial charge in [0.25, 0.3) is 11.8 Å². The molecule has 4 aromatic rings. The Bertz CT molecular complexity index is 1100. The number of hydrogen-bond acceptors (Lipinski definition) is 6. The number of rotatable bonds is 7. The molecule has 0 atom stereocenters. The maximum Gasteiger partial charge on any atom is 0.262 e. The summed E-state index contributed by atoms with van der Waals surface area (Å²) in [6, 6.07) is 18.6. The van der Waals surface area contributed by atoms with E-state index >= 15 is 0 Å². The van der Waals surface area contributed by atoms with Crippen molar-refractivity contribution in [3.63, 3.8) is 0 Å². The number of para-hydroxylation sites is 1. The molecule has 0 bridgehead atoms. The topological polar surface area (TPSA) is 90.4 Å². The summed E-state index contributed by atoms with van der Waals surface area (Å²) >= 11 is 0. The first-order valence-electron chi connectivity index (χ1n) is 9.11. The van der Waals surface area contributed by atoms with Crippen LogP contribution in [0.5, 0.6) is 5.75 Å². The van der Waals surface area contributed by atoms with E-state index in [9.17, 15) is 4.79 Å². The van der Waals surface area contributed by atoms with E-state index in [1.807, 2.05) is 49.4 Å². The molecule has 146 valence electrons. The van der Waals surface area contributed by atoms with Gasteiger partial charge >= 0.3 is 0 Å². The summed E-state index contributed by atoms with van der Waals surface area (Å²) < 4.78 is 16.3. The normalized spacial score (nSPS) is 10.7. The molecule has 1 N–H and O–H groups in total. The first-order valence-corrected chi connectivity index (χ1v) is 9.11. The molecule has 0 aliphatic carbocycles. The van der Waals surface area contributed by atoms with Gasteiger partial charge in [0.15, 0.2) is 6.61 Å². The van der Waals surface area contributed by atoms with Gasteiger partial charge in [0, 0.05) is 5.56 Å². The summed E-state index contributed by atoms with van der Waals surface area (Å²) in [5.74, 6) is 1.73. The number of nitrogens with zero attached hydrogens (tertiary/aromatic N) is 2. The summed E-state index contributed by atoms with van der Waals surface area (Å²) in [5, 5.41) is 6.82. The number of aryl methyl sites for hydroxylation is 1. The number of hydrogen-bond donors (Lipinski definition) is 1. The Hall–Kier alpha value is -3.87. The van der Waals surface area contributed by atoms with E-state index in [4.69, 9.17) is 13.7 Å². The van der Waals surface area contributed by atoms with Gasteiger partial charge in [0.05, 0.1) is 18.4 Å². The summed E-state index contributed by atoms with van der Waals surface area (Å²) in [7, 11) is 0. The quantitative estimate of drug-likeness (QED) is 0.514. The second kappa shape index (κ2) is 8.43. The molecule has 0 unspecified atom stereocenters. The van der Waals surface area contributed by atoms with Crippen LogP contribution in [0.1, 0.15) is 11.3 Å². The zero-order valence-electron chi connectivity index (χ0n) is 15.8. The molecule has 0 radical (unpaired) electrons. The lowest BCUT2D eigenvalue weighted by Crippen LogP contribution is -2.28. The predicted octanol–water partition coefficient (Wildman–Crippen LogP) is 4.00. The standard InChI is InChI=1S/C22H19N3O4/c1-15-7-2-3-9-17(15)21-24-22(29-25-21)18-10-4-5-11-19(18)28-14-20(26)23-13-16-8-6-12-27-16/h2-12H,13-14H2,1H3,(H,23,26). The fraction of sp³-hybridized carbons (Fsp3) is 0.136. The Morgan fingerprint density at radius 3 is 2.62 bits per heavy atom. The van der Waals surface area contributed by atoms with Crippen molar-refractivity contribution in [2.75, 3.05) is 6.61 Å². The molecule has 29 heavy (non-hydrogen) atoms. The van der Waals surface area contributed by atoms with Crippen molar-refractivity contribution in [1.82, 2.24) is 15.5 Å². The van der Waals surface area contributed by atoms with E-state index in [2.05, 4.69) is 15.5 Å². The molecule has 2 aromatic carbocycles. The average molecular weight is 389 g/mol. The number of benzene rings is 2. The molecular formula is C22H19N3O4. The SMILES string of the molecule is Cc1ccccc1-c1noc(-c2ccccc2OCC(=O)NCc2ccco2)n1. The third kappa shape index (κ3) is 4.35. The maximum absolute atomic E-state index is 12.1. The third-order valence-corrected chi connectivity index (χ3v) is 4.33. The Morgan fingerprint density at radius 1 is 1.03 bits per heavy atom. The molecule has 7 heteroatoms. The van der Waals surface area contributed by atoms with Gasteiger partial charge in [-0.05, 0) is 36.8 Å². The number of aromatic nitrogens is 2. The second-order valence-electron chi connectivity index (χ2n) is 6.38. The molecule has 2 aromatic heterocycles. The fourth-order valence-corrected chi connectivity index (χ4v) is 2.83. The van der Waals surface area contributed by atoms with Crippen LogP contribution in [0.25, 0.3) is 22.8 Å².